The fourth-order valence-corrected chi connectivity index (χ4v) is 4.52. The van der Waals surface area contributed by atoms with E-state index in [1.165, 1.54) is 20.0 Å². The van der Waals surface area contributed by atoms with Crippen LogP contribution in [0.25, 0.3) is 10.8 Å². The highest BCUT2D eigenvalue weighted by atomic mass is 19.4. The summed E-state index contributed by atoms with van der Waals surface area (Å²) in [6, 6.07) is 2.24. The van der Waals surface area contributed by atoms with Crippen molar-refractivity contribution in [3.8, 4) is 0 Å². The average molecular weight is 476 g/mol. The molecule has 0 spiro atoms. The molecule has 0 radical (unpaired) electrons. The summed E-state index contributed by atoms with van der Waals surface area (Å²) in [5, 5.41) is 7.98. The lowest BCUT2D eigenvalue weighted by atomic mass is 10.0. The summed E-state index contributed by atoms with van der Waals surface area (Å²) in [5.41, 5.74) is -1.99. The molecule has 6 nitrogen and oxygen atoms in total. The van der Waals surface area contributed by atoms with Gasteiger partial charge in [-0.25, -0.2) is 9.07 Å². The molecule has 0 bridgehead atoms. The van der Waals surface area contributed by atoms with Crippen molar-refractivity contribution in [2.45, 2.75) is 63.2 Å². The molecule has 0 aliphatic heterocycles. The Kier molecular flexibility index (Phi) is 4.93. The Labute approximate surface area is 192 Å². The zero-order chi connectivity index (χ0) is 24.6. The molecule has 1 atom stereocenters. The van der Waals surface area contributed by atoms with Crippen LogP contribution in [0.15, 0.2) is 34.0 Å². The maximum Gasteiger partial charge on any atom is 0.419 e. The van der Waals surface area contributed by atoms with E-state index in [-0.39, 0.29) is 33.8 Å². The third-order valence-corrected chi connectivity index (χ3v) is 6.95. The van der Waals surface area contributed by atoms with Crippen LogP contribution in [0.3, 0.4) is 0 Å². The van der Waals surface area contributed by atoms with Gasteiger partial charge in [0.15, 0.2) is 5.82 Å². The molecule has 2 fully saturated rings. The standard InChI is InChI=1S/C24H24F4N4O2/c1-12(14-5-4-6-16(19(14)25)24(26,27)28)29-20-15-11-32(23(2)9-10-23)22(34)17(13-7-8-13)18(15)21(33)31(3)30-20/h4-6,11-13H,7-10H2,1-3H3,(H,29,30)/t12-/m1/s1. The maximum atomic E-state index is 14.8. The molecular formula is C24H24F4N4O2. The molecule has 2 saturated carbocycles. The summed E-state index contributed by atoms with van der Waals surface area (Å²) >= 11 is 0. The Bertz CT molecular complexity index is 1430. The zero-order valence-electron chi connectivity index (χ0n) is 19.0. The Hall–Kier alpha value is -3.17. The molecule has 2 heterocycles. The van der Waals surface area contributed by atoms with E-state index in [1.54, 1.807) is 10.8 Å². The van der Waals surface area contributed by atoms with Crippen LogP contribution in [-0.2, 0) is 18.8 Å². The Morgan fingerprint density at radius 1 is 1.18 bits per heavy atom. The quantitative estimate of drug-likeness (QED) is 0.537. The molecule has 2 aromatic heterocycles. The number of alkyl halides is 3. The van der Waals surface area contributed by atoms with Gasteiger partial charge in [-0.05, 0) is 51.5 Å². The van der Waals surface area contributed by atoms with Crippen molar-refractivity contribution in [2.75, 3.05) is 5.32 Å². The number of rotatable bonds is 5. The Morgan fingerprint density at radius 2 is 1.85 bits per heavy atom. The summed E-state index contributed by atoms with van der Waals surface area (Å²) in [5.74, 6) is -1.16. The van der Waals surface area contributed by atoms with Crippen LogP contribution < -0.4 is 16.4 Å². The second-order valence-corrected chi connectivity index (χ2v) is 9.63. The third-order valence-electron chi connectivity index (χ3n) is 6.95. The predicted octanol–water partition coefficient (Wildman–Crippen LogP) is 4.81. The summed E-state index contributed by atoms with van der Waals surface area (Å²) in [6.45, 7) is 3.50. The lowest BCUT2D eigenvalue weighted by Gasteiger charge is -2.22. The molecule has 3 aromatic rings. The number of aryl methyl sites for hydroxylation is 1. The molecular weight excluding hydrogens is 452 g/mol. The van der Waals surface area contributed by atoms with E-state index in [0.717, 1.165) is 36.4 Å². The van der Waals surface area contributed by atoms with Gasteiger partial charge in [-0.2, -0.15) is 18.3 Å². The fraction of sp³-hybridized carbons (Fsp3) is 0.458. The number of pyridine rings is 1. The number of nitrogens with zero attached hydrogens (tertiary/aromatic N) is 3. The Balaban J connectivity index is 1.68. The zero-order valence-corrected chi connectivity index (χ0v) is 19.0. The molecule has 34 heavy (non-hydrogen) atoms. The van der Waals surface area contributed by atoms with Crippen molar-refractivity contribution in [1.82, 2.24) is 14.3 Å². The van der Waals surface area contributed by atoms with Crippen LogP contribution in [0.2, 0.25) is 0 Å². The number of hydrogen-bond acceptors (Lipinski definition) is 4. The van der Waals surface area contributed by atoms with Crippen molar-refractivity contribution in [1.29, 1.82) is 0 Å². The SMILES string of the molecule is C[C@@H](Nc1nn(C)c(=O)c2c(C3CC3)c(=O)n(C3(C)CC3)cc12)c1cccc(C(F)(F)F)c1F. The lowest BCUT2D eigenvalue weighted by Crippen LogP contribution is -2.33. The normalized spacial score (nSPS) is 18.2. The molecule has 1 aromatic carbocycles. The van der Waals surface area contributed by atoms with Crippen LogP contribution in [-0.4, -0.2) is 14.3 Å². The third kappa shape index (κ3) is 3.59. The van der Waals surface area contributed by atoms with Gasteiger partial charge >= 0.3 is 6.18 Å². The first kappa shape index (κ1) is 22.6. The number of nitrogens with one attached hydrogen (secondary N) is 1. The smallest absolute Gasteiger partial charge is 0.361 e. The van der Waals surface area contributed by atoms with Gasteiger partial charge in [0.25, 0.3) is 11.1 Å². The number of hydrogen-bond donors (Lipinski definition) is 1. The largest absolute Gasteiger partial charge is 0.419 e. The monoisotopic (exact) mass is 476 g/mol. The van der Waals surface area contributed by atoms with E-state index < -0.39 is 29.2 Å². The van der Waals surface area contributed by atoms with Gasteiger partial charge in [0, 0.05) is 35.3 Å². The number of halogens is 4. The van der Waals surface area contributed by atoms with Crippen LogP contribution in [0.1, 0.15) is 68.2 Å². The van der Waals surface area contributed by atoms with Gasteiger partial charge in [0.1, 0.15) is 5.82 Å². The van der Waals surface area contributed by atoms with E-state index in [0.29, 0.717) is 17.0 Å². The van der Waals surface area contributed by atoms with Gasteiger partial charge in [0.05, 0.1) is 17.0 Å². The van der Waals surface area contributed by atoms with Crippen LogP contribution in [0.5, 0.6) is 0 Å². The highest BCUT2D eigenvalue weighted by molar-refractivity contribution is 5.93. The average Bonchev–Trinajstić information content (AvgIpc) is 3.68. The van der Waals surface area contributed by atoms with Gasteiger partial charge in [-0.3, -0.25) is 9.59 Å². The van der Waals surface area contributed by atoms with Gasteiger partial charge in [0.2, 0.25) is 0 Å². The van der Waals surface area contributed by atoms with E-state index in [4.69, 9.17) is 0 Å². The van der Waals surface area contributed by atoms with Gasteiger partial charge in [-0.1, -0.05) is 12.1 Å². The van der Waals surface area contributed by atoms with Gasteiger partial charge < -0.3 is 9.88 Å². The minimum absolute atomic E-state index is 0.00825. The number of fused-ring (bicyclic) bond motifs is 1. The van der Waals surface area contributed by atoms with Crippen LogP contribution in [0, 0.1) is 5.82 Å². The molecule has 2 aliphatic carbocycles. The topological polar surface area (TPSA) is 68.9 Å². The molecule has 10 heteroatoms. The first-order valence-electron chi connectivity index (χ1n) is 11.2. The minimum Gasteiger partial charge on any atom is -0.361 e. The minimum atomic E-state index is -4.82. The highest BCUT2D eigenvalue weighted by Gasteiger charge is 2.42. The molecule has 5 rings (SSSR count). The second-order valence-electron chi connectivity index (χ2n) is 9.63. The molecule has 1 N–H and O–H groups in total. The summed E-state index contributed by atoms with van der Waals surface area (Å²) in [4.78, 5) is 26.4. The first-order valence-corrected chi connectivity index (χ1v) is 11.2. The first-order chi connectivity index (χ1) is 15.9. The molecule has 0 saturated heterocycles. The van der Waals surface area contributed by atoms with E-state index in [1.807, 2.05) is 6.92 Å². The lowest BCUT2D eigenvalue weighted by molar-refractivity contribution is -0.140. The molecule has 180 valence electrons. The second kappa shape index (κ2) is 7.41. The maximum absolute atomic E-state index is 14.8. The predicted molar refractivity (Wildman–Crippen MR) is 120 cm³/mol. The van der Waals surface area contributed by atoms with Gasteiger partial charge in [-0.15, -0.1) is 0 Å². The van der Waals surface area contributed by atoms with Crippen molar-refractivity contribution in [3.63, 3.8) is 0 Å². The molecule has 0 unspecified atom stereocenters. The van der Waals surface area contributed by atoms with E-state index in [2.05, 4.69) is 10.4 Å². The van der Waals surface area contributed by atoms with Crippen molar-refractivity contribution in [2.24, 2.45) is 7.05 Å². The summed E-state index contributed by atoms with van der Waals surface area (Å²) in [7, 11) is 1.45. The molecule has 2 aliphatic rings. The van der Waals surface area contributed by atoms with Crippen molar-refractivity contribution in [3.05, 3.63) is 67.6 Å². The van der Waals surface area contributed by atoms with E-state index in [9.17, 15) is 27.2 Å². The Morgan fingerprint density at radius 3 is 2.44 bits per heavy atom. The summed E-state index contributed by atoms with van der Waals surface area (Å²) < 4.78 is 57.1. The van der Waals surface area contributed by atoms with Crippen molar-refractivity contribution >= 4 is 16.6 Å². The van der Waals surface area contributed by atoms with Crippen molar-refractivity contribution < 1.29 is 17.6 Å². The summed E-state index contributed by atoms with van der Waals surface area (Å²) in [6.07, 6.45) is 0.0694. The van der Waals surface area contributed by atoms with Crippen LogP contribution in [0.4, 0.5) is 23.4 Å². The number of benzene rings is 1. The number of aromatic nitrogens is 3. The fourth-order valence-electron chi connectivity index (χ4n) is 4.52. The van der Waals surface area contributed by atoms with Crippen LogP contribution >= 0.6 is 0 Å². The molecule has 0 amide bonds. The number of anilines is 1. The van der Waals surface area contributed by atoms with E-state index >= 15 is 0 Å². The highest BCUT2D eigenvalue weighted by Crippen LogP contribution is 2.45.